The Bertz CT molecular complexity index is 1720. The summed E-state index contributed by atoms with van der Waals surface area (Å²) in [4.78, 5) is 81.8. The van der Waals surface area contributed by atoms with E-state index in [1.54, 1.807) is 42.5 Å². The Labute approximate surface area is 252 Å². The summed E-state index contributed by atoms with van der Waals surface area (Å²) in [5, 5.41) is 24.5. The zero-order valence-electron chi connectivity index (χ0n) is 24.3. The van der Waals surface area contributed by atoms with Crippen molar-refractivity contribution in [3.8, 4) is 22.9 Å². The number of likely N-dealkylation sites (N-methyl/N-ethyl adjacent to an activating group) is 1. The van der Waals surface area contributed by atoms with E-state index in [1.165, 1.54) is 25.9 Å². The number of fused-ring (bicyclic) bond motifs is 3. The number of hydrogen-bond acceptors (Lipinski definition) is 11. The Kier molecular flexibility index (Phi) is 7.08. The fourth-order valence-electron chi connectivity index (χ4n) is 7.56. The van der Waals surface area contributed by atoms with Gasteiger partial charge in [0.05, 0.1) is 23.2 Å². The largest absolute Gasteiger partial charge is 0.507 e. The summed E-state index contributed by atoms with van der Waals surface area (Å²) in [6.45, 7) is 1.14. The number of Topliss-reactive ketones (excluding diaryl/α,β-unsaturated/α-hetero) is 4. The number of phenols is 1. The molecule has 0 radical (unpaired) electrons. The zero-order chi connectivity index (χ0) is 32.5. The second-order valence-electron chi connectivity index (χ2n) is 12.2. The molecular weight excluding hydrogens is 568 g/mol. The lowest BCUT2D eigenvalue weighted by atomic mass is 9.42. The Hall–Kier alpha value is -4.77. The summed E-state index contributed by atoms with van der Waals surface area (Å²) >= 11 is 0. The number of nitriles is 1. The van der Waals surface area contributed by atoms with Crippen LogP contribution in [0.5, 0.6) is 5.75 Å². The van der Waals surface area contributed by atoms with Crippen LogP contribution in [-0.4, -0.2) is 76.2 Å². The summed E-state index contributed by atoms with van der Waals surface area (Å²) in [5.74, 6) is -10.8. The highest BCUT2D eigenvalue weighted by molar-refractivity contribution is 6.33. The van der Waals surface area contributed by atoms with Crippen LogP contribution in [-0.2, 0) is 36.9 Å². The number of nitrogens with one attached hydrogen (secondary N) is 1. The summed E-state index contributed by atoms with van der Waals surface area (Å²) in [6.07, 6.45) is -0.714. The van der Waals surface area contributed by atoms with Crippen LogP contribution < -0.4 is 22.5 Å². The van der Waals surface area contributed by atoms with Crippen LogP contribution in [0.4, 0.5) is 0 Å². The van der Waals surface area contributed by atoms with Crippen molar-refractivity contribution in [3.63, 3.8) is 0 Å². The highest BCUT2D eigenvalue weighted by Crippen LogP contribution is 2.57. The number of ketones is 4. The highest BCUT2D eigenvalue weighted by Gasteiger charge is 2.78. The molecule has 2 saturated carbocycles. The van der Waals surface area contributed by atoms with Crippen LogP contribution in [0.1, 0.15) is 34.8 Å². The molecular formula is C31H32N6O7. The summed E-state index contributed by atoms with van der Waals surface area (Å²) in [6, 6.07) is 10.7. The average Bonchev–Trinajstić information content (AvgIpc) is 2.92. The van der Waals surface area contributed by atoms with Gasteiger partial charge in [-0.2, -0.15) is 5.26 Å². The molecule has 8 N–H and O–H groups in total. The molecule has 2 amide bonds. The van der Waals surface area contributed by atoms with E-state index in [1.807, 2.05) is 0 Å². The van der Waals surface area contributed by atoms with Gasteiger partial charge in [-0.25, -0.2) is 0 Å². The number of carbonyl (C=O) groups is 6. The Morgan fingerprint density at radius 2 is 1.75 bits per heavy atom. The quantitative estimate of drug-likeness (QED) is 0.264. The van der Waals surface area contributed by atoms with Crippen molar-refractivity contribution < 1.29 is 33.9 Å². The monoisotopic (exact) mass is 600 g/mol. The van der Waals surface area contributed by atoms with Crippen molar-refractivity contribution >= 4 is 34.9 Å². The van der Waals surface area contributed by atoms with Gasteiger partial charge in [-0.15, -0.1) is 0 Å². The lowest BCUT2D eigenvalue weighted by Gasteiger charge is -2.60. The minimum atomic E-state index is -2.83. The van der Waals surface area contributed by atoms with Gasteiger partial charge in [0, 0.05) is 24.6 Å². The summed E-state index contributed by atoms with van der Waals surface area (Å²) in [5.41, 5.74) is 13.7. The molecule has 0 saturated heterocycles. The fraction of sp³-hybridized carbons (Fsp3) is 0.387. The van der Waals surface area contributed by atoms with E-state index >= 15 is 0 Å². The van der Waals surface area contributed by atoms with Crippen LogP contribution in [0.3, 0.4) is 0 Å². The first-order valence-corrected chi connectivity index (χ1v) is 13.9. The molecule has 0 heterocycles. The van der Waals surface area contributed by atoms with Crippen molar-refractivity contribution in [2.45, 2.75) is 43.4 Å². The van der Waals surface area contributed by atoms with Gasteiger partial charge < -0.3 is 27.6 Å². The van der Waals surface area contributed by atoms with E-state index in [4.69, 9.17) is 17.2 Å². The number of benzene rings is 2. The summed E-state index contributed by atoms with van der Waals surface area (Å²) < 4.78 is 0. The van der Waals surface area contributed by atoms with Crippen molar-refractivity contribution in [2.75, 3.05) is 14.1 Å². The molecule has 2 aromatic carbocycles. The first kappa shape index (κ1) is 30.7. The third-order valence-electron chi connectivity index (χ3n) is 9.28. The van der Waals surface area contributed by atoms with Gasteiger partial charge in [-0.1, -0.05) is 30.3 Å². The second-order valence-corrected chi connectivity index (χ2v) is 12.2. The number of phenolic OH excluding ortho intramolecular Hbond substituents is 1. The van der Waals surface area contributed by atoms with Gasteiger partial charge >= 0.3 is 0 Å². The minimum absolute atomic E-state index is 0.145. The topological polar surface area (TPSA) is 240 Å². The Balaban J connectivity index is 1.79. The van der Waals surface area contributed by atoms with Gasteiger partial charge in [0.2, 0.25) is 11.8 Å². The molecule has 2 fully saturated rings. The standard InChI is InChI=1S/C31H32N6O7/c1-14(38)36-11-16-9-17(15-7-5-4-6-8-15)18-10-29(34)12-31(35)25(37(2)3)24(41)20(28(33)44)26(42)30(31,13-32)27(43)21(29)23(40)19(18)22(16)39/h4-9,20-21,25,39H,10-12,34-35H2,1-3H3,(H2,33,44)(H,36,38)/t20?,21?,25-,29-,30+,31-/m1/s1. The van der Waals surface area contributed by atoms with E-state index in [9.17, 15) is 39.1 Å². The molecule has 228 valence electrons. The van der Waals surface area contributed by atoms with E-state index < -0.39 is 81.5 Å². The van der Waals surface area contributed by atoms with Gasteiger partial charge in [0.25, 0.3) is 0 Å². The maximum Gasteiger partial charge on any atom is 0.235 e. The second kappa shape index (κ2) is 10.2. The Morgan fingerprint density at radius 3 is 2.30 bits per heavy atom. The molecule has 44 heavy (non-hydrogen) atoms. The number of aromatic hydroxyl groups is 1. The van der Waals surface area contributed by atoms with Gasteiger partial charge in [0.15, 0.2) is 34.5 Å². The average molecular weight is 601 g/mol. The van der Waals surface area contributed by atoms with Crippen LogP contribution in [0.25, 0.3) is 11.1 Å². The summed E-state index contributed by atoms with van der Waals surface area (Å²) in [7, 11) is 2.88. The van der Waals surface area contributed by atoms with Crippen LogP contribution in [0, 0.1) is 28.6 Å². The molecule has 0 aliphatic heterocycles. The SMILES string of the molecule is CC(=O)NCc1cc(-c2ccccc2)c2c(c1O)C(=O)C1C(=O)[C@]3(C#N)C(=O)C(C(N)=O)C(=O)[C@@H](N(C)C)[C@]3(N)C[C@]1(N)C2. The van der Waals surface area contributed by atoms with Crippen LogP contribution >= 0.6 is 0 Å². The molecule has 13 heteroatoms. The van der Waals surface area contributed by atoms with E-state index in [2.05, 4.69) is 5.32 Å². The third kappa shape index (κ3) is 3.95. The molecule has 5 rings (SSSR count). The maximum absolute atomic E-state index is 14.6. The van der Waals surface area contributed by atoms with Crippen molar-refractivity contribution in [1.29, 1.82) is 5.26 Å². The highest BCUT2D eigenvalue weighted by atomic mass is 16.3. The van der Waals surface area contributed by atoms with Crippen LogP contribution in [0.15, 0.2) is 36.4 Å². The molecule has 3 aliphatic carbocycles. The van der Waals surface area contributed by atoms with E-state index in [0.717, 1.165) is 0 Å². The molecule has 2 aromatic rings. The fourth-order valence-corrected chi connectivity index (χ4v) is 7.56. The van der Waals surface area contributed by atoms with Gasteiger partial charge in [-0.3, -0.25) is 33.7 Å². The molecule has 2 unspecified atom stereocenters. The van der Waals surface area contributed by atoms with E-state index in [-0.39, 0.29) is 24.1 Å². The number of nitrogens with zero attached hydrogens (tertiary/aromatic N) is 2. The normalized spacial score (nSPS) is 31.1. The van der Waals surface area contributed by atoms with Crippen molar-refractivity contribution in [3.05, 3.63) is 53.1 Å². The molecule has 13 nitrogen and oxygen atoms in total. The first-order valence-electron chi connectivity index (χ1n) is 13.9. The van der Waals surface area contributed by atoms with E-state index in [0.29, 0.717) is 16.7 Å². The van der Waals surface area contributed by atoms with Crippen molar-refractivity contribution in [2.24, 2.45) is 34.5 Å². The molecule has 0 bridgehead atoms. The number of amides is 2. The number of primary amides is 1. The van der Waals surface area contributed by atoms with Gasteiger partial charge in [0.1, 0.15) is 11.7 Å². The number of hydrogen-bond donors (Lipinski definition) is 5. The van der Waals surface area contributed by atoms with Gasteiger partial charge in [-0.05, 0) is 49.7 Å². The van der Waals surface area contributed by atoms with Crippen LogP contribution in [0.2, 0.25) is 0 Å². The smallest absolute Gasteiger partial charge is 0.235 e. The predicted molar refractivity (Wildman–Crippen MR) is 154 cm³/mol. The zero-order valence-corrected chi connectivity index (χ0v) is 24.3. The molecule has 6 atom stereocenters. The first-order chi connectivity index (χ1) is 20.6. The maximum atomic E-state index is 14.6. The molecule has 3 aliphatic rings. The third-order valence-corrected chi connectivity index (χ3v) is 9.28. The Morgan fingerprint density at radius 1 is 1.11 bits per heavy atom. The molecule has 0 aromatic heterocycles. The number of carbonyl (C=O) groups excluding carboxylic acids is 6. The lowest BCUT2D eigenvalue weighted by Crippen LogP contribution is -2.85. The lowest BCUT2D eigenvalue weighted by molar-refractivity contribution is -0.166. The number of nitrogens with two attached hydrogens (primary N) is 3. The molecule has 0 spiro atoms. The predicted octanol–water partition coefficient (Wildman–Crippen LogP) is -0.888. The van der Waals surface area contributed by atoms with Crippen molar-refractivity contribution in [1.82, 2.24) is 10.2 Å². The minimum Gasteiger partial charge on any atom is -0.507 e. The number of rotatable bonds is 5.